The van der Waals surface area contributed by atoms with Gasteiger partial charge in [-0.15, -0.1) is 0 Å². The van der Waals surface area contributed by atoms with Gasteiger partial charge in [0.2, 0.25) is 0 Å². The molecule has 0 fully saturated rings. The number of nitrogens with two attached hydrogens (primary N) is 1. The molecule has 2 atom stereocenters. The number of rotatable bonds is 47. The number of phosphoric acid groups is 1. The van der Waals surface area contributed by atoms with E-state index >= 15 is 0 Å². The fourth-order valence-corrected chi connectivity index (χ4v) is 7.70. The Morgan fingerprint density at radius 2 is 0.852 bits per heavy atom. The molecule has 0 spiro atoms. The van der Waals surface area contributed by atoms with Crippen molar-refractivity contribution in [2.75, 3.05) is 26.4 Å². The van der Waals surface area contributed by atoms with E-state index in [-0.39, 0.29) is 38.6 Å². The summed E-state index contributed by atoms with van der Waals surface area (Å²) in [5.74, 6) is -0.841. The molecule has 61 heavy (non-hydrogen) atoms. The lowest BCUT2D eigenvalue weighted by Gasteiger charge is -2.19. The third-order valence-corrected chi connectivity index (χ3v) is 11.7. The van der Waals surface area contributed by atoms with E-state index in [9.17, 15) is 19.0 Å². The lowest BCUT2D eigenvalue weighted by molar-refractivity contribution is -0.161. The Hall–Kier alpha value is -2.03. The Balaban J connectivity index is 4.10. The van der Waals surface area contributed by atoms with Crippen LogP contribution in [0.5, 0.6) is 0 Å². The molecule has 0 heterocycles. The molecule has 10 heteroatoms. The van der Waals surface area contributed by atoms with Gasteiger partial charge in [0.05, 0.1) is 13.2 Å². The SMILES string of the molecule is CCCCCCC/C=C\C/C=C\C/C=C\CCCCCCCCC(=O)OC(COC(=O)CCCCCCCCCCC/C=C\CCCCCCCC)COP(=O)(O)OCCN. The van der Waals surface area contributed by atoms with Gasteiger partial charge in [-0.25, -0.2) is 4.57 Å². The number of carbonyl (C=O) groups is 2. The van der Waals surface area contributed by atoms with Gasteiger partial charge >= 0.3 is 19.8 Å². The largest absolute Gasteiger partial charge is 0.472 e. The van der Waals surface area contributed by atoms with Crippen molar-refractivity contribution in [1.82, 2.24) is 0 Å². The van der Waals surface area contributed by atoms with E-state index in [0.29, 0.717) is 6.42 Å². The zero-order chi connectivity index (χ0) is 44.6. The second-order valence-electron chi connectivity index (χ2n) is 16.7. The van der Waals surface area contributed by atoms with Crippen molar-refractivity contribution in [3.8, 4) is 0 Å². The summed E-state index contributed by atoms with van der Waals surface area (Å²) in [7, 11) is -4.39. The number of phosphoric ester groups is 1. The topological polar surface area (TPSA) is 134 Å². The second kappa shape index (κ2) is 47.4. The molecular formula is C51H94NO8P. The predicted molar refractivity (Wildman–Crippen MR) is 257 cm³/mol. The third-order valence-electron chi connectivity index (χ3n) is 10.7. The second-order valence-corrected chi connectivity index (χ2v) is 18.1. The molecule has 0 amide bonds. The van der Waals surface area contributed by atoms with Crippen molar-refractivity contribution in [2.24, 2.45) is 5.73 Å². The molecule has 0 saturated heterocycles. The molecule has 3 N–H and O–H groups in total. The molecule has 0 rings (SSSR count). The number of allylic oxidation sites excluding steroid dienone is 8. The fourth-order valence-electron chi connectivity index (χ4n) is 6.93. The quantitative estimate of drug-likeness (QED) is 0.0265. The van der Waals surface area contributed by atoms with Gasteiger partial charge in [0.15, 0.2) is 6.10 Å². The first-order chi connectivity index (χ1) is 29.8. The van der Waals surface area contributed by atoms with Crippen LogP contribution in [0.1, 0.15) is 232 Å². The van der Waals surface area contributed by atoms with Gasteiger partial charge in [-0.05, 0) is 77.0 Å². The van der Waals surface area contributed by atoms with E-state index < -0.39 is 26.5 Å². The summed E-state index contributed by atoms with van der Waals surface area (Å²) >= 11 is 0. The van der Waals surface area contributed by atoms with E-state index in [4.69, 9.17) is 24.3 Å². The Morgan fingerprint density at radius 1 is 0.492 bits per heavy atom. The highest BCUT2D eigenvalue weighted by atomic mass is 31.2. The van der Waals surface area contributed by atoms with Crippen LogP contribution in [-0.2, 0) is 32.7 Å². The summed E-state index contributed by atoms with van der Waals surface area (Å²) in [4.78, 5) is 35.0. The molecule has 0 aromatic heterocycles. The molecule has 0 bridgehead atoms. The van der Waals surface area contributed by atoms with E-state index in [0.717, 1.165) is 70.6 Å². The number of carbonyl (C=O) groups excluding carboxylic acids is 2. The minimum absolute atomic E-state index is 0.0497. The van der Waals surface area contributed by atoms with Crippen molar-refractivity contribution >= 4 is 19.8 Å². The van der Waals surface area contributed by atoms with Gasteiger partial charge in [-0.1, -0.05) is 191 Å². The smallest absolute Gasteiger partial charge is 0.462 e. The lowest BCUT2D eigenvalue weighted by atomic mass is 10.1. The van der Waals surface area contributed by atoms with Crippen molar-refractivity contribution in [2.45, 2.75) is 238 Å². The number of hydrogen-bond donors (Lipinski definition) is 2. The number of hydrogen-bond acceptors (Lipinski definition) is 8. The first-order valence-electron chi connectivity index (χ1n) is 25.1. The molecular weight excluding hydrogens is 786 g/mol. The zero-order valence-corrected chi connectivity index (χ0v) is 40.3. The standard InChI is InChI=1S/C51H94NO8P/c1-3-5-7-9-11-13-15-17-19-21-23-24-26-28-30-32-34-36-38-40-42-44-51(54)60-49(48-59-61(55,56)58-46-45-52)47-57-50(53)43-41-39-37-35-33-31-29-27-25-22-20-18-16-14-12-10-8-6-4-2/h15,17-18,20-21,23,26,28,49H,3-14,16,19,22,24-25,27,29-48,52H2,1-2H3,(H,55,56)/b17-15-,20-18-,23-21-,28-26-. The molecule has 0 aliphatic carbocycles. The average molecular weight is 880 g/mol. The van der Waals surface area contributed by atoms with Crippen LogP contribution < -0.4 is 5.73 Å². The van der Waals surface area contributed by atoms with Gasteiger partial charge in [0.25, 0.3) is 0 Å². The van der Waals surface area contributed by atoms with Crippen molar-refractivity contribution in [1.29, 1.82) is 0 Å². The van der Waals surface area contributed by atoms with Crippen LogP contribution in [0.3, 0.4) is 0 Å². The maximum atomic E-state index is 12.6. The van der Waals surface area contributed by atoms with Crippen LogP contribution in [0.15, 0.2) is 48.6 Å². The molecule has 0 aliphatic rings. The van der Waals surface area contributed by atoms with E-state index in [1.165, 1.54) is 128 Å². The Morgan fingerprint density at radius 3 is 1.28 bits per heavy atom. The first-order valence-corrected chi connectivity index (χ1v) is 26.6. The summed E-state index contributed by atoms with van der Waals surface area (Å²) in [5, 5.41) is 0. The highest BCUT2D eigenvalue weighted by molar-refractivity contribution is 7.47. The molecule has 2 unspecified atom stereocenters. The highest BCUT2D eigenvalue weighted by Gasteiger charge is 2.26. The molecule has 0 aromatic rings. The Labute approximate surface area is 375 Å². The Kier molecular flexibility index (Phi) is 45.9. The van der Waals surface area contributed by atoms with Crippen LogP contribution in [-0.4, -0.2) is 49.3 Å². The van der Waals surface area contributed by atoms with Gasteiger partial charge in [0.1, 0.15) is 6.61 Å². The maximum Gasteiger partial charge on any atom is 0.472 e. The summed E-state index contributed by atoms with van der Waals surface area (Å²) in [6, 6.07) is 0. The van der Waals surface area contributed by atoms with E-state index in [1.54, 1.807) is 0 Å². The number of esters is 2. The summed E-state index contributed by atoms with van der Waals surface area (Å²) in [5.41, 5.74) is 5.36. The first kappa shape index (κ1) is 59.0. The van der Waals surface area contributed by atoms with Crippen LogP contribution in [0.4, 0.5) is 0 Å². The van der Waals surface area contributed by atoms with Gasteiger partial charge < -0.3 is 20.1 Å². The van der Waals surface area contributed by atoms with Gasteiger partial charge in [0, 0.05) is 19.4 Å². The van der Waals surface area contributed by atoms with Crippen LogP contribution in [0, 0.1) is 0 Å². The normalized spacial score (nSPS) is 13.6. The Bertz CT molecular complexity index is 1140. The molecule has 0 aromatic carbocycles. The minimum Gasteiger partial charge on any atom is -0.462 e. The van der Waals surface area contributed by atoms with Crippen LogP contribution in [0.25, 0.3) is 0 Å². The van der Waals surface area contributed by atoms with Crippen LogP contribution in [0.2, 0.25) is 0 Å². The summed E-state index contributed by atoms with van der Waals surface area (Å²) < 4.78 is 32.9. The molecule has 356 valence electrons. The maximum absolute atomic E-state index is 12.6. The van der Waals surface area contributed by atoms with Crippen molar-refractivity contribution in [3.63, 3.8) is 0 Å². The molecule has 0 aliphatic heterocycles. The van der Waals surface area contributed by atoms with Crippen molar-refractivity contribution < 1.29 is 37.6 Å². The summed E-state index contributed by atoms with van der Waals surface area (Å²) in [6.45, 7) is 3.72. The monoisotopic (exact) mass is 880 g/mol. The van der Waals surface area contributed by atoms with E-state index in [1.807, 2.05) is 0 Å². The minimum atomic E-state index is -4.39. The summed E-state index contributed by atoms with van der Waals surface area (Å²) in [6.07, 6.45) is 55.7. The fraction of sp³-hybridized carbons (Fsp3) is 0.804. The average Bonchev–Trinajstić information content (AvgIpc) is 3.25. The van der Waals surface area contributed by atoms with Crippen molar-refractivity contribution in [3.05, 3.63) is 48.6 Å². The van der Waals surface area contributed by atoms with Gasteiger partial charge in [-0.2, -0.15) is 0 Å². The predicted octanol–water partition coefficient (Wildman–Crippen LogP) is 15.1. The number of ether oxygens (including phenoxy) is 2. The van der Waals surface area contributed by atoms with E-state index in [2.05, 4.69) is 62.5 Å². The highest BCUT2D eigenvalue weighted by Crippen LogP contribution is 2.43. The molecule has 0 saturated carbocycles. The molecule has 9 nitrogen and oxygen atoms in total. The molecule has 0 radical (unpaired) electrons. The third kappa shape index (κ3) is 47.3. The van der Waals surface area contributed by atoms with Crippen LogP contribution >= 0.6 is 7.82 Å². The number of unbranched alkanes of at least 4 members (excludes halogenated alkanes) is 26. The van der Waals surface area contributed by atoms with Gasteiger partial charge in [-0.3, -0.25) is 18.6 Å². The zero-order valence-electron chi connectivity index (χ0n) is 39.4. The lowest BCUT2D eigenvalue weighted by Crippen LogP contribution is -2.29.